The molecule has 1 aromatic heterocycles. The highest BCUT2D eigenvalue weighted by atomic mass is 15.3. The van der Waals surface area contributed by atoms with Gasteiger partial charge in [0.05, 0.1) is 0 Å². The Bertz CT molecular complexity index is 689. The second kappa shape index (κ2) is 7.30. The average Bonchev–Trinajstić information content (AvgIpc) is 3.11. The number of piperidine rings is 1. The summed E-state index contributed by atoms with van der Waals surface area (Å²) in [6.45, 7) is 6.57. The van der Waals surface area contributed by atoms with Gasteiger partial charge in [-0.1, -0.05) is 25.1 Å². The molecule has 2 aromatic rings. The molecule has 5 nitrogen and oxygen atoms in total. The van der Waals surface area contributed by atoms with Crippen molar-refractivity contribution in [3.05, 3.63) is 42.7 Å². The molecule has 0 aliphatic carbocycles. The first-order chi connectivity index (χ1) is 12.3. The molecule has 5 heteroatoms. The Morgan fingerprint density at radius 2 is 1.72 bits per heavy atom. The topological polar surface area (TPSA) is 44.3 Å². The van der Waals surface area contributed by atoms with Crippen molar-refractivity contribution in [1.82, 2.24) is 9.97 Å². The molecule has 0 amide bonds. The molecule has 1 N–H and O–H groups in total. The maximum atomic E-state index is 4.54. The standard InChI is InChI=1S/C20H27N5/c1-16-6-5-10-24(13-16)19-12-20(22-15-21-19)25-11-9-18(14-25)23-17-7-3-2-4-8-17/h2-4,7-8,12,15-16,18,23H,5-6,9-11,13-14H2,1H3. The summed E-state index contributed by atoms with van der Waals surface area (Å²) in [4.78, 5) is 13.9. The molecule has 1 aromatic carbocycles. The molecule has 2 fully saturated rings. The lowest BCUT2D eigenvalue weighted by molar-refractivity contribution is 0.444. The van der Waals surface area contributed by atoms with E-state index < -0.39 is 0 Å². The van der Waals surface area contributed by atoms with Gasteiger partial charge in [0.1, 0.15) is 18.0 Å². The van der Waals surface area contributed by atoms with Crippen LogP contribution in [0.3, 0.4) is 0 Å². The van der Waals surface area contributed by atoms with Crippen molar-refractivity contribution in [1.29, 1.82) is 0 Å². The Balaban J connectivity index is 1.41. The van der Waals surface area contributed by atoms with Crippen molar-refractivity contribution in [2.24, 2.45) is 5.92 Å². The van der Waals surface area contributed by atoms with Crippen LogP contribution in [-0.4, -0.2) is 42.2 Å². The summed E-state index contributed by atoms with van der Waals surface area (Å²) in [7, 11) is 0. The van der Waals surface area contributed by atoms with Crippen LogP contribution in [0.2, 0.25) is 0 Å². The maximum Gasteiger partial charge on any atom is 0.134 e. The van der Waals surface area contributed by atoms with E-state index >= 15 is 0 Å². The van der Waals surface area contributed by atoms with Gasteiger partial charge in [-0.3, -0.25) is 0 Å². The van der Waals surface area contributed by atoms with Crippen molar-refractivity contribution in [2.75, 3.05) is 41.3 Å². The lowest BCUT2D eigenvalue weighted by Gasteiger charge is -2.32. The van der Waals surface area contributed by atoms with E-state index in [2.05, 4.69) is 68.4 Å². The molecule has 2 aliphatic heterocycles. The number of nitrogens with zero attached hydrogens (tertiary/aromatic N) is 4. The van der Waals surface area contributed by atoms with Gasteiger partial charge in [-0.05, 0) is 37.3 Å². The minimum absolute atomic E-state index is 0.468. The van der Waals surface area contributed by atoms with Gasteiger partial charge in [-0.2, -0.15) is 0 Å². The molecule has 0 radical (unpaired) electrons. The normalized spacial score (nSPS) is 23.7. The van der Waals surface area contributed by atoms with Crippen LogP contribution in [0.15, 0.2) is 42.7 Å². The number of nitrogens with one attached hydrogen (secondary N) is 1. The van der Waals surface area contributed by atoms with Crippen LogP contribution in [0.25, 0.3) is 0 Å². The van der Waals surface area contributed by atoms with Crippen LogP contribution in [0, 0.1) is 5.92 Å². The fourth-order valence-electron chi connectivity index (χ4n) is 3.94. The molecule has 4 rings (SSSR count). The van der Waals surface area contributed by atoms with Crippen molar-refractivity contribution in [2.45, 2.75) is 32.2 Å². The van der Waals surface area contributed by atoms with Crippen LogP contribution < -0.4 is 15.1 Å². The van der Waals surface area contributed by atoms with Gasteiger partial charge in [0, 0.05) is 44.0 Å². The van der Waals surface area contributed by atoms with Crippen LogP contribution in [-0.2, 0) is 0 Å². The zero-order valence-corrected chi connectivity index (χ0v) is 14.9. The minimum Gasteiger partial charge on any atom is -0.380 e. The third-order valence-electron chi connectivity index (χ3n) is 5.28. The van der Waals surface area contributed by atoms with Crippen LogP contribution >= 0.6 is 0 Å². The average molecular weight is 337 g/mol. The van der Waals surface area contributed by atoms with Gasteiger partial charge in [-0.25, -0.2) is 9.97 Å². The molecule has 0 bridgehead atoms. The predicted molar refractivity (Wildman–Crippen MR) is 103 cm³/mol. The van der Waals surface area contributed by atoms with E-state index in [4.69, 9.17) is 0 Å². The van der Waals surface area contributed by atoms with Crippen LogP contribution in [0.1, 0.15) is 26.2 Å². The first-order valence-electron chi connectivity index (χ1n) is 9.41. The van der Waals surface area contributed by atoms with E-state index in [9.17, 15) is 0 Å². The van der Waals surface area contributed by atoms with E-state index in [0.717, 1.165) is 50.2 Å². The summed E-state index contributed by atoms with van der Waals surface area (Å²) in [5.74, 6) is 2.88. The van der Waals surface area contributed by atoms with E-state index in [1.165, 1.54) is 18.5 Å². The second-order valence-corrected chi connectivity index (χ2v) is 7.37. The predicted octanol–water partition coefficient (Wildman–Crippen LogP) is 3.40. The molecule has 2 atom stereocenters. The highest BCUT2D eigenvalue weighted by molar-refractivity contribution is 5.52. The number of rotatable bonds is 4. The monoisotopic (exact) mass is 337 g/mol. The first-order valence-corrected chi connectivity index (χ1v) is 9.41. The Hall–Kier alpha value is -2.30. The van der Waals surface area contributed by atoms with Crippen molar-refractivity contribution in [3.8, 4) is 0 Å². The zero-order valence-electron chi connectivity index (χ0n) is 14.9. The fraction of sp³-hybridized carbons (Fsp3) is 0.500. The van der Waals surface area contributed by atoms with Crippen molar-refractivity contribution >= 4 is 17.3 Å². The van der Waals surface area contributed by atoms with Gasteiger partial charge in [0.25, 0.3) is 0 Å². The summed E-state index contributed by atoms with van der Waals surface area (Å²) in [5.41, 5.74) is 1.19. The number of anilines is 3. The molecule has 3 heterocycles. The van der Waals surface area contributed by atoms with E-state index in [1.54, 1.807) is 6.33 Å². The molecule has 0 spiro atoms. The maximum absolute atomic E-state index is 4.54. The highest BCUT2D eigenvalue weighted by Gasteiger charge is 2.25. The van der Waals surface area contributed by atoms with E-state index in [1.807, 2.05) is 0 Å². The first kappa shape index (κ1) is 16.2. The van der Waals surface area contributed by atoms with Crippen LogP contribution in [0.4, 0.5) is 17.3 Å². The zero-order chi connectivity index (χ0) is 17.1. The fourth-order valence-corrected chi connectivity index (χ4v) is 3.94. The molecule has 25 heavy (non-hydrogen) atoms. The number of benzene rings is 1. The number of hydrogen-bond acceptors (Lipinski definition) is 5. The van der Waals surface area contributed by atoms with Crippen molar-refractivity contribution in [3.63, 3.8) is 0 Å². The second-order valence-electron chi connectivity index (χ2n) is 7.37. The molecule has 2 aliphatic rings. The SMILES string of the molecule is CC1CCCN(c2cc(N3CCC(Nc4ccccc4)C3)ncn2)C1. The number of para-hydroxylation sites is 1. The highest BCUT2D eigenvalue weighted by Crippen LogP contribution is 2.26. The third kappa shape index (κ3) is 3.86. The van der Waals surface area contributed by atoms with Gasteiger partial charge in [0.2, 0.25) is 0 Å². The Morgan fingerprint density at radius 3 is 2.48 bits per heavy atom. The summed E-state index contributed by atoms with van der Waals surface area (Å²) in [6.07, 6.45) is 5.44. The quantitative estimate of drug-likeness (QED) is 0.926. The Kier molecular flexibility index (Phi) is 4.72. The van der Waals surface area contributed by atoms with Gasteiger partial charge in [-0.15, -0.1) is 0 Å². The van der Waals surface area contributed by atoms with Crippen molar-refractivity contribution < 1.29 is 0 Å². The lowest BCUT2D eigenvalue weighted by atomic mass is 10.0. The van der Waals surface area contributed by atoms with Gasteiger partial charge >= 0.3 is 0 Å². The molecule has 2 unspecified atom stereocenters. The smallest absolute Gasteiger partial charge is 0.134 e. The Morgan fingerprint density at radius 1 is 0.960 bits per heavy atom. The summed E-state index contributed by atoms with van der Waals surface area (Å²) >= 11 is 0. The summed E-state index contributed by atoms with van der Waals surface area (Å²) in [6, 6.07) is 13.1. The molecular formula is C20H27N5. The number of hydrogen-bond donors (Lipinski definition) is 1. The summed E-state index contributed by atoms with van der Waals surface area (Å²) < 4.78 is 0. The van der Waals surface area contributed by atoms with E-state index in [-0.39, 0.29) is 0 Å². The molecule has 2 saturated heterocycles. The van der Waals surface area contributed by atoms with Gasteiger partial charge < -0.3 is 15.1 Å². The number of aromatic nitrogens is 2. The van der Waals surface area contributed by atoms with Crippen LogP contribution in [0.5, 0.6) is 0 Å². The third-order valence-corrected chi connectivity index (χ3v) is 5.28. The molecule has 0 saturated carbocycles. The molecular weight excluding hydrogens is 310 g/mol. The minimum atomic E-state index is 0.468. The van der Waals surface area contributed by atoms with E-state index in [0.29, 0.717) is 6.04 Å². The lowest BCUT2D eigenvalue weighted by Crippen LogP contribution is -2.35. The Labute approximate surface area is 150 Å². The largest absolute Gasteiger partial charge is 0.380 e. The molecule has 132 valence electrons. The summed E-state index contributed by atoms with van der Waals surface area (Å²) in [5, 5.41) is 3.63. The van der Waals surface area contributed by atoms with Gasteiger partial charge in [0.15, 0.2) is 0 Å².